The lowest BCUT2D eigenvalue weighted by Crippen LogP contribution is -2.16. The molecular formula is C13H16O2. The van der Waals surface area contributed by atoms with Gasteiger partial charge in [-0.25, -0.2) is 0 Å². The maximum absolute atomic E-state index is 11.8. The number of hydrogen-bond donors (Lipinski definition) is 0. The number of hydrogen-bond acceptors (Lipinski definition) is 2. The summed E-state index contributed by atoms with van der Waals surface area (Å²) in [6, 6.07) is 8.16. The fraction of sp³-hybridized carbons (Fsp3) is 0.462. The molecule has 0 spiro atoms. The standard InChI is InChI=1S/C13H16O2/c1-10-2-4-11(5-3-10)8-13(14)12-6-7-15-9-12/h2-5,12H,6-9H2,1H3. The minimum atomic E-state index is 0.131. The van der Waals surface area contributed by atoms with E-state index in [1.54, 1.807) is 0 Å². The number of benzene rings is 1. The highest BCUT2D eigenvalue weighted by Crippen LogP contribution is 2.16. The molecule has 0 radical (unpaired) electrons. The first-order chi connectivity index (χ1) is 7.25. The highest BCUT2D eigenvalue weighted by atomic mass is 16.5. The molecule has 1 aromatic carbocycles. The van der Waals surface area contributed by atoms with Crippen LogP contribution in [-0.4, -0.2) is 19.0 Å². The van der Waals surface area contributed by atoms with Crippen molar-refractivity contribution in [2.24, 2.45) is 5.92 Å². The largest absolute Gasteiger partial charge is 0.381 e. The molecule has 80 valence electrons. The third kappa shape index (κ3) is 2.66. The van der Waals surface area contributed by atoms with Gasteiger partial charge in [-0.15, -0.1) is 0 Å². The summed E-state index contributed by atoms with van der Waals surface area (Å²) in [6.07, 6.45) is 1.44. The molecule has 0 bridgehead atoms. The van der Waals surface area contributed by atoms with Gasteiger partial charge in [0.15, 0.2) is 0 Å². The third-order valence-corrected chi connectivity index (χ3v) is 2.88. The van der Waals surface area contributed by atoms with Gasteiger partial charge in [-0.1, -0.05) is 29.8 Å². The van der Waals surface area contributed by atoms with E-state index in [4.69, 9.17) is 4.74 Å². The molecule has 0 amide bonds. The molecule has 1 aromatic rings. The Bertz CT molecular complexity index is 334. The van der Waals surface area contributed by atoms with Crippen molar-refractivity contribution in [2.75, 3.05) is 13.2 Å². The van der Waals surface area contributed by atoms with Gasteiger partial charge in [0.25, 0.3) is 0 Å². The molecule has 0 aromatic heterocycles. The molecule has 1 atom stereocenters. The molecule has 15 heavy (non-hydrogen) atoms. The fourth-order valence-electron chi connectivity index (χ4n) is 1.84. The van der Waals surface area contributed by atoms with E-state index in [9.17, 15) is 4.79 Å². The van der Waals surface area contributed by atoms with Crippen LogP contribution in [0.3, 0.4) is 0 Å². The molecule has 1 saturated heterocycles. The van der Waals surface area contributed by atoms with Crippen molar-refractivity contribution in [3.8, 4) is 0 Å². The molecule has 1 heterocycles. The minimum absolute atomic E-state index is 0.131. The van der Waals surface area contributed by atoms with Crippen molar-refractivity contribution in [3.05, 3.63) is 35.4 Å². The number of Topliss-reactive ketones (excluding diaryl/α,β-unsaturated/α-hetero) is 1. The summed E-state index contributed by atoms with van der Waals surface area (Å²) in [5.41, 5.74) is 2.34. The Kier molecular flexibility index (Phi) is 3.17. The smallest absolute Gasteiger partial charge is 0.142 e. The molecule has 0 aliphatic carbocycles. The molecule has 2 heteroatoms. The van der Waals surface area contributed by atoms with Crippen LogP contribution in [0.5, 0.6) is 0 Å². The average Bonchev–Trinajstić information content (AvgIpc) is 2.74. The molecule has 0 saturated carbocycles. The number of ether oxygens (including phenoxy) is 1. The van der Waals surface area contributed by atoms with Crippen LogP contribution in [0.4, 0.5) is 0 Å². The zero-order valence-corrected chi connectivity index (χ0v) is 9.03. The average molecular weight is 204 g/mol. The van der Waals surface area contributed by atoms with Crippen LogP contribution in [0.25, 0.3) is 0 Å². The van der Waals surface area contributed by atoms with E-state index in [1.807, 2.05) is 24.3 Å². The number of rotatable bonds is 3. The van der Waals surface area contributed by atoms with Crippen LogP contribution in [0, 0.1) is 12.8 Å². The van der Waals surface area contributed by atoms with E-state index in [-0.39, 0.29) is 5.92 Å². The summed E-state index contributed by atoms with van der Waals surface area (Å²) in [4.78, 5) is 11.8. The predicted octanol–water partition coefficient (Wildman–Crippen LogP) is 2.14. The second-order valence-electron chi connectivity index (χ2n) is 4.19. The van der Waals surface area contributed by atoms with E-state index in [1.165, 1.54) is 5.56 Å². The highest BCUT2D eigenvalue weighted by molar-refractivity contribution is 5.83. The Labute approximate surface area is 90.3 Å². The first-order valence-electron chi connectivity index (χ1n) is 5.42. The van der Waals surface area contributed by atoms with Crippen LogP contribution in [0.2, 0.25) is 0 Å². The monoisotopic (exact) mass is 204 g/mol. The van der Waals surface area contributed by atoms with Crippen LogP contribution < -0.4 is 0 Å². The van der Waals surface area contributed by atoms with Gasteiger partial charge >= 0.3 is 0 Å². The summed E-state index contributed by atoms with van der Waals surface area (Å²) in [6.45, 7) is 3.41. The summed E-state index contributed by atoms with van der Waals surface area (Å²) in [5.74, 6) is 0.447. The number of ketones is 1. The Morgan fingerprint density at radius 1 is 1.40 bits per heavy atom. The van der Waals surface area contributed by atoms with Crippen LogP contribution in [0.1, 0.15) is 17.5 Å². The molecular weight excluding hydrogens is 188 g/mol. The zero-order chi connectivity index (χ0) is 10.7. The second-order valence-corrected chi connectivity index (χ2v) is 4.19. The van der Waals surface area contributed by atoms with E-state index < -0.39 is 0 Å². The SMILES string of the molecule is Cc1ccc(CC(=O)C2CCOC2)cc1. The van der Waals surface area contributed by atoms with Crippen LogP contribution in [-0.2, 0) is 16.0 Å². The van der Waals surface area contributed by atoms with Gasteiger partial charge in [0, 0.05) is 18.9 Å². The topological polar surface area (TPSA) is 26.3 Å². The predicted molar refractivity (Wildman–Crippen MR) is 58.8 cm³/mol. The van der Waals surface area contributed by atoms with Crippen molar-refractivity contribution < 1.29 is 9.53 Å². The maximum Gasteiger partial charge on any atom is 0.142 e. The maximum atomic E-state index is 11.8. The summed E-state index contributed by atoms with van der Waals surface area (Å²) >= 11 is 0. The lowest BCUT2D eigenvalue weighted by molar-refractivity contribution is -0.122. The minimum Gasteiger partial charge on any atom is -0.381 e. The van der Waals surface area contributed by atoms with Gasteiger partial charge in [-0.2, -0.15) is 0 Å². The van der Waals surface area contributed by atoms with Crippen molar-refractivity contribution in [1.29, 1.82) is 0 Å². The quantitative estimate of drug-likeness (QED) is 0.754. The fourth-order valence-corrected chi connectivity index (χ4v) is 1.84. The molecule has 1 aliphatic rings. The van der Waals surface area contributed by atoms with Gasteiger partial charge in [-0.05, 0) is 18.9 Å². The summed E-state index contributed by atoms with van der Waals surface area (Å²) in [5, 5.41) is 0. The van der Waals surface area contributed by atoms with Crippen molar-refractivity contribution in [2.45, 2.75) is 19.8 Å². The van der Waals surface area contributed by atoms with E-state index in [0.717, 1.165) is 18.6 Å². The second kappa shape index (κ2) is 4.58. The first kappa shape index (κ1) is 10.4. The normalized spacial score (nSPS) is 20.5. The summed E-state index contributed by atoms with van der Waals surface area (Å²) in [7, 11) is 0. The molecule has 2 nitrogen and oxygen atoms in total. The van der Waals surface area contributed by atoms with Gasteiger partial charge in [-0.3, -0.25) is 4.79 Å². The van der Waals surface area contributed by atoms with E-state index in [2.05, 4.69) is 6.92 Å². The lowest BCUT2D eigenvalue weighted by atomic mass is 9.97. The van der Waals surface area contributed by atoms with Crippen LogP contribution in [0.15, 0.2) is 24.3 Å². The van der Waals surface area contributed by atoms with Gasteiger partial charge in [0.1, 0.15) is 5.78 Å². The molecule has 0 N–H and O–H groups in total. The van der Waals surface area contributed by atoms with Crippen molar-refractivity contribution in [3.63, 3.8) is 0 Å². The van der Waals surface area contributed by atoms with E-state index >= 15 is 0 Å². The number of carbonyl (C=O) groups is 1. The van der Waals surface area contributed by atoms with E-state index in [0.29, 0.717) is 18.8 Å². The van der Waals surface area contributed by atoms with Crippen molar-refractivity contribution >= 4 is 5.78 Å². The highest BCUT2D eigenvalue weighted by Gasteiger charge is 2.23. The first-order valence-corrected chi connectivity index (χ1v) is 5.42. The number of carbonyl (C=O) groups excluding carboxylic acids is 1. The van der Waals surface area contributed by atoms with Gasteiger partial charge < -0.3 is 4.74 Å². The lowest BCUT2D eigenvalue weighted by Gasteiger charge is -2.06. The molecule has 1 unspecified atom stereocenters. The number of aryl methyl sites for hydroxylation is 1. The Balaban J connectivity index is 1.96. The van der Waals surface area contributed by atoms with Gasteiger partial charge in [0.05, 0.1) is 6.61 Å². The molecule has 1 aliphatic heterocycles. The Morgan fingerprint density at radius 2 is 2.13 bits per heavy atom. The summed E-state index contributed by atoms with van der Waals surface area (Å²) < 4.78 is 5.21. The molecule has 2 rings (SSSR count). The van der Waals surface area contributed by atoms with Gasteiger partial charge in [0.2, 0.25) is 0 Å². The zero-order valence-electron chi connectivity index (χ0n) is 9.03. The molecule has 1 fully saturated rings. The van der Waals surface area contributed by atoms with Crippen LogP contribution >= 0.6 is 0 Å². The third-order valence-electron chi connectivity index (χ3n) is 2.88. The Morgan fingerprint density at radius 3 is 2.73 bits per heavy atom. The Hall–Kier alpha value is -1.15. The van der Waals surface area contributed by atoms with Crippen molar-refractivity contribution in [1.82, 2.24) is 0 Å².